The molecule has 134 valence electrons. The Hall–Kier alpha value is -2.38. The number of carbonyl (C=O) groups is 1. The normalized spacial score (nSPS) is 11.4. The Labute approximate surface area is 148 Å². The molecular weight excluding hydrogens is 340 g/mol. The third kappa shape index (κ3) is 4.37. The van der Waals surface area contributed by atoms with Gasteiger partial charge < -0.3 is 10.1 Å². The van der Waals surface area contributed by atoms with E-state index in [1.807, 2.05) is 25.1 Å². The van der Waals surface area contributed by atoms with Crippen molar-refractivity contribution in [3.8, 4) is 5.75 Å². The van der Waals surface area contributed by atoms with Gasteiger partial charge in [-0.1, -0.05) is 18.2 Å². The number of aryl methyl sites for hydroxylation is 1. The SMILES string of the molecule is COc1cc(CNC(=O)c2cccc(S(=O)(=O)N(C)C)c2)ccc1C. The number of methoxy groups -OCH3 is 1. The van der Waals surface area contributed by atoms with Gasteiger partial charge in [-0.25, -0.2) is 12.7 Å². The summed E-state index contributed by atoms with van der Waals surface area (Å²) < 4.78 is 30.7. The number of hydrogen-bond donors (Lipinski definition) is 1. The summed E-state index contributed by atoms with van der Waals surface area (Å²) in [4.78, 5) is 12.4. The Morgan fingerprint density at radius 2 is 1.88 bits per heavy atom. The van der Waals surface area contributed by atoms with Crippen LogP contribution in [0.25, 0.3) is 0 Å². The zero-order chi connectivity index (χ0) is 18.6. The molecule has 0 atom stereocenters. The molecule has 0 saturated carbocycles. The van der Waals surface area contributed by atoms with Crippen LogP contribution < -0.4 is 10.1 Å². The van der Waals surface area contributed by atoms with Crippen molar-refractivity contribution >= 4 is 15.9 Å². The molecule has 7 heteroatoms. The van der Waals surface area contributed by atoms with Crippen molar-refractivity contribution < 1.29 is 17.9 Å². The van der Waals surface area contributed by atoms with Crippen LogP contribution in [-0.2, 0) is 16.6 Å². The van der Waals surface area contributed by atoms with Crippen molar-refractivity contribution in [2.75, 3.05) is 21.2 Å². The summed E-state index contributed by atoms with van der Waals surface area (Å²) in [5.41, 5.74) is 2.20. The van der Waals surface area contributed by atoms with Gasteiger partial charge in [-0.2, -0.15) is 0 Å². The maximum absolute atomic E-state index is 12.3. The summed E-state index contributed by atoms with van der Waals surface area (Å²) >= 11 is 0. The second-order valence-electron chi connectivity index (χ2n) is 5.80. The number of hydrogen-bond acceptors (Lipinski definition) is 4. The number of amides is 1. The molecule has 0 spiro atoms. The fourth-order valence-electron chi connectivity index (χ4n) is 2.27. The zero-order valence-corrected chi connectivity index (χ0v) is 15.6. The van der Waals surface area contributed by atoms with Gasteiger partial charge in [0.15, 0.2) is 0 Å². The van der Waals surface area contributed by atoms with E-state index in [1.165, 1.54) is 26.2 Å². The van der Waals surface area contributed by atoms with Gasteiger partial charge in [0.25, 0.3) is 5.91 Å². The van der Waals surface area contributed by atoms with Gasteiger partial charge >= 0.3 is 0 Å². The van der Waals surface area contributed by atoms with E-state index < -0.39 is 10.0 Å². The molecule has 0 aromatic heterocycles. The van der Waals surface area contributed by atoms with E-state index in [4.69, 9.17) is 4.74 Å². The lowest BCUT2D eigenvalue weighted by Crippen LogP contribution is -2.25. The van der Waals surface area contributed by atoms with Crippen LogP contribution in [0.5, 0.6) is 5.75 Å². The van der Waals surface area contributed by atoms with Crippen LogP contribution in [0.1, 0.15) is 21.5 Å². The van der Waals surface area contributed by atoms with Crippen LogP contribution in [0.4, 0.5) is 0 Å². The topological polar surface area (TPSA) is 75.7 Å². The second kappa shape index (κ2) is 7.67. The molecule has 1 N–H and O–H groups in total. The van der Waals surface area contributed by atoms with Crippen molar-refractivity contribution in [3.05, 3.63) is 59.2 Å². The first-order valence-electron chi connectivity index (χ1n) is 7.70. The fourth-order valence-corrected chi connectivity index (χ4v) is 3.22. The zero-order valence-electron chi connectivity index (χ0n) is 14.7. The number of benzene rings is 2. The number of sulfonamides is 1. The van der Waals surface area contributed by atoms with Crippen LogP contribution in [-0.4, -0.2) is 39.8 Å². The molecular formula is C18H22N2O4S. The van der Waals surface area contributed by atoms with Crippen molar-refractivity contribution in [2.24, 2.45) is 0 Å². The largest absolute Gasteiger partial charge is 0.496 e. The molecule has 0 fully saturated rings. The third-order valence-corrected chi connectivity index (χ3v) is 5.61. The van der Waals surface area contributed by atoms with Crippen LogP contribution in [0, 0.1) is 6.92 Å². The van der Waals surface area contributed by atoms with E-state index in [9.17, 15) is 13.2 Å². The van der Waals surface area contributed by atoms with Crippen molar-refractivity contribution in [3.63, 3.8) is 0 Å². The lowest BCUT2D eigenvalue weighted by Gasteiger charge is -2.12. The standard InChI is InChI=1S/C18H22N2O4S/c1-13-8-9-14(10-17(13)24-4)12-19-18(21)15-6-5-7-16(11-15)25(22,23)20(2)3/h5-11H,12H2,1-4H3,(H,19,21). The summed E-state index contributed by atoms with van der Waals surface area (Å²) in [6.45, 7) is 2.26. The van der Waals surface area contributed by atoms with Crippen molar-refractivity contribution in [2.45, 2.75) is 18.4 Å². The Kier molecular flexibility index (Phi) is 5.81. The highest BCUT2D eigenvalue weighted by Gasteiger charge is 2.18. The van der Waals surface area contributed by atoms with E-state index in [-0.39, 0.29) is 10.8 Å². The summed E-state index contributed by atoms with van der Waals surface area (Å²) in [6, 6.07) is 11.7. The molecule has 0 unspecified atom stereocenters. The molecule has 0 aliphatic carbocycles. The first kappa shape index (κ1) is 19.0. The Morgan fingerprint density at radius 1 is 1.16 bits per heavy atom. The average Bonchev–Trinajstić information content (AvgIpc) is 2.60. The highest BCUT2D eigenvalue weighted by Crippen LogP contribution is 2.19. The monoisotopic (exact) mass is 362 g/mol. The molecule has 2 rings (SSSR count). The number of ether oxygens (including phenoxy) is 1. The van der Waals surface area contributed by atoms with Crippen LogP contribution in [0.2, 0.25) is 0 Å². The van der Waals surface area contributed by atoms with Gasteiger partial charge in [-0.05, 0) is 42.3 Å². The van der Waals surface area contributed by atoms with Gasteiger partial charge in [0.2, 0.25) is 10.0 Å². The van der Waals surface area contributed by atoms with Gasteiger partial charge in [-0.15, -0.1) is 0 Å². The predicted octanol–water partition coefficient (Wildman–Crippen LogP) is 2.18. The average molecular weight is 362 g/mol. The Bertz CT molecular complexity index is 876. The number of rotatable bonds is 6. The minimum Gasteiger partial charge on any atom is -0.496 e. The van der Waals surface area contributed by atoms with E-state index in [2.05, 4.69) is 5.32 Å². The Balaban J connectivity index is 2.14. The molecule has 0 heterocycles. The maximum Gasteiger partial charge on any atom is 0.251 e. The molecule has 25 heavy (non-hydrogen) atoms. The molecule has 2 aromatic carbocycles. The number of nitrogens with zero attached hydrogens (tertiary/aromatic N) is 1. The molecule has 2 aromatic rings. The maximum atomic E-state index is 12.3. The van der Waals surface area contributed by atoms with Crippen molar-refractivity contribution in [1.82, 2.24) is 9.62 Å². The molecule has 6 nitrogen and oxygen atoms in total. The molecule has 0 aliphatic heterocycles. The van der Waals surface area contributed by atoms with E-state index in [1.54, 1.807) is 19.2 Å². The lowest BCUT2D eigenvalue weighted by molar-refractivity contribution is 0.0950. The summed E-state index contributed by atoms with van der Waals surface area (Å²) in [7, 11) is 0.924. The minimum atomic E-state index is -3.58. The Morgan fingerprint density at radius 3 is 2.52 bits per heavy atom. The van der Waals surface area contributed by atoms with Crippen LogP contribution in [0.3, 0.4) is 0 Å². The van der Waals surface area contributed by atoms with Crippen LogP contribution in [0.15, 0.2) is 47.4 Å². The first-order valence-corrected chi connectivity index (χ1v) is 9.14. The quantitative estimate of drug-likeness (QED) is 0.855. The van der Waals surface area contributed by atoms with Gasteiger partial charge in [0, 0.05) is 26.2 Å². The molecule has 0 radical (unpaired) electrons. The number of carbonyl (C=O) groups excluding carboxylic acids is 1. The minimum absolute atomic E-state index is 0.0853. The summed E-state index contributed by atoms with van der Waals surface area (Å²) in [5.74, 6) is 0.418. The molecule has 0 aliphatic rings. The lowest BCUT2D eigenvalue weighted by atomic mass is 10.1. The molecule has 0 saturated heterocycles. The highest BCUT2D eigenvalue weighted by atomic mass is 32.2. The summed E-state index contributed by atoms with van der Waals surface area (Å²) in [5, 5.41) is 2.79. The fraction of sp³-hybridized carbons (Fsp3) is 0.278. The van der Waals surface area contributed by atoms with Gasteiger partial charge in [-0.3, -0.25) is 4.79 Å². The second-order valence-corrected chi connectivity index (χ2v) is 7.95. The third-order valence-electron chi connectivity index (χ3n) is 3.80. The molecule has 0 bridgehead atoms. The van der Waals surface area contributed by atoms with Crippen molar-refractivity contribution in [1.29, 1.82) is 0 Å². The number of nitrogens with one attached hydrogen (secondary N) is 1. The van der Waals surface area contributed by atoms with E-state index >= 15 is 0 Å². The summed E-state index contributed by atoms with van der Waals surface area (Å²) in [6.07, 6.45) is 0. The van der Waals surface area contributed by atoms with Gasteiger partial charge in [0.1, 0.15) is 5.75 Å². The molecule has 1 amide bonds. The van der Waals surface area contributed by atoms with E-state index in [0.717, 1.165) is 21.2 Å². The highest BCUT2D eigenvalue weighted by molar-refractivity contribution is 7.89. The van der Waals surface area contributed by atoms with Crippen LogP contribution >= 0.6 is 0 Å². The van der Waals surface area contributed by atoms with E-state index in [0.29, 0.717) is 12.1 Å². The first-order chi connectivity index (χ1) is 11.8. The predicted molar refractivity (Wildman–Crippen MR) is 96.2 cm³/mol. The smallest absolute Gasteiger partial charge is 0.251 e. The van der Waals surface area contributed by atoms with Gasteiger partial charge in [0.05, 0.1) is 12.0 Å².